The van der Waals surface area contributed by atoms with Crippen molar-refractivity contribution >= 4 is 23.3 Å². The Kier molecular flexibility index (Phi) is 7.14. The summed E-state index contributed by atoms with van der Waals surface area (Å²) in [6.07, 6.45) is 5.66. The Bertz CT molecular complexity index is 1460. The molecule has 224 valence electrons. The number of carbonyl (C=O) groups is 4. The highest BCUT2D eigenvalue weighted by molar-refractivity contribution is 6.25. The van der Waals surface area contributed by atoms with Crippen LogP contribution in [0.4, 0.5) is 0 Å². The largest absolute Gasteiger partial charge is 0.507 e. The highest BCUT2D eigenvalue weighted by Gasteiger charge is 2.69. The van der Waals surface area contributed by atoms with E-state index in [1.807, 2.05) is 12.1 Å². The molecule has 3 saturated carbocycles. The maximum Gasteiger partial charge on any atom is 0.230 e. The van der Waals surface area contributed by atoms with Gasteiger partial charge in [0.05, 0.1) is 17.6 Å². The van der Waals surface area contributed by atoms with Crippen molar-refractivity contribution in [2.24, 2.45) is 35.3 Å². The van der Waals surface area contributed by atoms with Crippen LogP contribution in [0.25, 0.3) is 11.3 Å². The van der Waals surface area contributed by atoms with E-state index in [0.717, 1.165) is 12.2 Å². The number of rotatable bonds is 5. The average Bonchev–Trinajstić information content (AvgIpc) is 3.39. The normalized spacial score (nSPS) is 33.3. The maximum atomic E-state index is 14.0. The van der Waals surface area contributed by atoms with Crippen molar-refractivity contribution in [1.82, 2.24) is 4.90 Å². The summed E-state index contributed by atoms with van der Waals surface area (Å²) < 4.78 is 6.26. The van der Waals surface area contributed by atoms with E-state index in [1.165, 1.54) is 38.2 Å². The summed E-state index contributed by atoms with van der Waals surface area (Å²) in [6.45, 7) is 0. The molecule has 10 nitrogen and oxygen atoms in total. The number of hydrogen-bond acceptors (Lipinski definition) is 9. The molecule has 1 amide bonds. The number of phenolic OH excluding ortho intramolecular Hbond substituents is 1. The minimum absolute atomic E-state index is 0.0201. The number of ketones is 3. The standard InChI is InChI=1S/C32H38N2O8/c1-34(2)26-20-14-16-13-19-18(22-11-8-17(42-22)12-15-6-4-3-5-7-15)9-10-21(35)24(19)27(36)23(16)29(38)32(20,41)30(39)25(28(26)37)31(33)40/h8-11,15-16,20,23,25-26,28,35,37,41H,3-7,12-14H2,1-2H3,(H2,33,40)/t16-,20-,23?,25?,26-,28?,32-/m1/s1. The van der Waals surface area contributed by atoms with Crippen molar-refractivity contribution < 1.29 is 38.9 Å². The van der Waals surface area contributed by atoms with Crippen LogP contribution >= 0.6 is 0 Å². The number of amides is 1. The molecule has 4 aliphatic rings. The Balaban J connectivity index is 1.38. The Morgan fingerprint density at radius 1 is 1.07 bits per heavy atom. The van der Waals surface area contributed by atoms with Gasteiger partial charge in [0, 0.05) is 23.9 Å². The van der Waals surface area contributed by atoms with Crippen LogP contribution < -0.4 is 5.73 Å². The number of benzene rings is 1. The third-order valence-electron chi connectivity index (χ3n) is 10.3. The molecule has 0 spiro atoms. The number of furan rings is 1. The molecule has 1 aromatic carbocycles. The van der Waals surface area contributed by atoms with Gasteiger partial charge in [-0.1, -0.05) is 32.1 Å². The predicted octanol–water partition coefficient (Wildman–Crippen LogP) is 2.04. The molecule has 0 radical (unpaired) electrons. The van der Waals surface area contributed by atoms with Crippen molar-refractivity contribution in [3.05, 3.63) is 41.2 Å². The number of phenols is 1. The molecule has 4 aliphatic carbocycles. The van der Waals surface area contributed by atoms with Gasteiger partial charge in [0.25, 0.3) is 0 Å². The lowest BCUT2D eigenvalue weighted by Crippen LogP contribution is -2.75. The summed E-state index contributed by atoms with van der Waals surface area (Å²) >= 11 is 0. The van der Waals surface area contributed by atoms with Crippen molar-refractivity contribution in [3.8, 4) is 17.1 Å². The number of aliphatic hydroxyl groups excluding tert-OH is 1. The van der Waals surface area contributed by atoms with Crippen molar-refractivity contribution in [2.45, 2.75) is 69.1 Å². The molecule has 3 unspecified atom stereocenters. The molecule has 2 aromatic rings. The molecule has 0 saturated heterocycles. The number of nitrogens with zero attached hydrogens (tertiary/aromatic N) is 1. The second kappa shape index (κ2) is 10.4. The zero-order valence-corrected chi connectivity index (χ0v) is 23.9. The van der Waals surface area contributed by atoms with Gasteiger partial charge in [0.1, 0.15) is 23.2 Å². The summed E-state index contributed by atoms with van der Waals surface area (Å²) in [6, 6.07) is 5.98. The lowest BCUT2D eigenvalue weighted by atomic mass is 9.52. The van der Waals surface area contributed by atoms with Gasteiger partial charge in [-0.3, -0.25) is 19.2 Å². The van der Waals surface area contributed by atoms with Gasteiger partial charge in [-0.2, -0.15) is 0 Å². The van der Waals surface area contributed by atoms with Crippen molar-refractivity contribution in [1.29, 1.82) is 0 Å². The van der Waals surface area contributed by atoms with Crippen LogP contribution in [0.2, 0.25) is 0 Å². The van der Waals surface area contributed by atoms with E-state index >= 15 is 0 Å². The quantitative estimate of drug-likeness (QED) is 0.388. The number of aliphatic hydroxyl groups is 2. The molecule has 7 atom stereocenters. The van der Waals surface area contributed by atoms with E-state index in [9.17, 15) is 34.5 Å². The first kappa shape index (κ1) is 28.8. The summed E-state index contributed by atoms with van der Waals surface area (Å²) in [5.74, 6) is -7.16. The van der Waals surface area contributed by atoms with Crippen LogP contribution in [0, 0.1) is 29.6 Å². The number of nitrogens with two attached hydrogens (primary N) is 1. The minimum atomic E-state index is -2.68. The number of fused-ring (bicyclic) bond motifs is 3. The van der Waals surface area contributed by atoms with Crippen LogP contribution in [-0.4, -0.2) is 75.3 Å². The van der Waals surface area contributed by atoms with E-state index in [-0.39, 0.29) is 24.2 Å². The summed E-state index contributed by atoms with van der Waals surface area (Å²) in [7, 11) is 3.25. The summed E-state index contributed by atoms with van der Waals surface area (Å²) in [5.41, 5.74) is 3.94. The monoisotopic (exact) mass is 578 g/mol. The Morgan fingerprint density at radius 2 is 1.79 bits per heavy atom. The fourth-order valence-electron chi connectivity index (χ4n) is 8.36. The zero-order chi connectivity index (χ0) is 30.1. The third kappa shape index (κ3) is 4.26. The molecule has 0 bridgehead atoms. The SMILES string of the molecule is CN(C)[C@H]1C(O)C(C(N)=O)C(=O)[C@]2(O)C(=O)C3C(=O)c4c(O)ccc(-c5ccc(CC6CCCCC6)o5)c4C[C@@H]3C[C@H]12. The Morgan fingerprint density at radius 3 is 2.45 bits per heavy atom. The topological polar surface area (TPSA) is 171 Å². The van der Waals surface area contributed by atoms with Crippen molar-refractivity contribution in [2.75, 3.05) is 14.1 Å². The first-order valence-corrected chi connectivity index (χ1v) is 14.9. The molecular formula is C32H38N2O8. The highest BCUT2D eigenvalue weighted by Crippen LogP contribution is 2.52. The predicted molar refractivity (Wildman–Crippen MR) is 150 cm³/mol. The molecule has 5 N–H and O–H groups in total. The van der Waals surface area contributed by atoms with Gasteiger partial charge in [0.2, 0.25) is 5.91 Å². The molecule has 1 heterocycles. The molecule has 42 heavy (non-hydrogen) atoms. The van der Waals surface area contributed by atoms with Gasteiger partial charge in [-0.05, 0) is 68.6 Å². The van der Waals surface area contributed by atoms with Crippen LogP contribution in [0.1, 0.15) is 60.2 Å². The minimum Gasteiger partial charge on any atom is -0.507 e. The lowest BCUT2D eigenvalue weighted by Gasteiger charge is -2.54. The number of aromatic hydroxyl groups is 1. The first-order chi connectivity index (χ1) is 19.9. The number of likely N-dealkylation sites (N-methyl/N-ethyl adjacent to an activating group) is 1. The van der Waals surface area contributed by atoms with Crippen LogP contribution in [0.5, 0.6) is 5.75 Å². The van der Waals surface area contributed by atoms with Crippen LogP contribution in [0.15, 0.2) is 28.7 Å². The average molecular weight is 579 g/mol. The number of carbonyl (C=O) groups excluding carboxylic acids is 4. The molecule has 10 heteroatoms. The van der Waals surface area contributed by atoms with E-state index in [1.54, 1.807) is 25.1 Å². The first-order valence-electron chi connectivity index (χ1n) is 14.9. The van der Waals surface area contributed by atoms with Crippen molar-refractivity contribution in [3.63, 3.8) is 0 Å². The van der Waals surface area contributed by atoms with Gasteiger partial charge < -0.3 is 30.4 Å². The summed E-state index contributed by atoms with van der Waals surface area (Å²) in [5, 5.41) is 33.6. The number of primary amides is 1. The summed E-state index contributed by atoms with van der Waals surface area (Å²) in [4.78, 5) is 55.2. The third-order valence-corrected chi connectivity index (χ3v) is 10.3. The molecule has 0 aliphatic heterocycles. The van der Waals surface area contributed by atoms with E-state index in [2.05, 4.69) is 0 Å². The number of Topliss-reactive ketones (excluding diaryl/α,β-unsaturated/α-hetero) is 3. The second-order valence-electron chi connectivity index (χ2n) is 12.9. The van der Waals surface area contributed by atoms with Crippen LogP contribution in [-0.2, 0) is 27.2 Å². The molecule has 6 rings (SSSR count). The van der Waals surface area contributed by atoms with E-state index < -0.39 is 64.7 Å². The van der Waals surface area contributed by atoms with E-state index in [0.29, 0.717) is 22.8 Å². The molecule has 1 aromatic heterocycles. The second-order valence-corrected chi connectivity index (χ2v) is 12.9. The Labute approximate surface area is 243 Å². The molecular weight excluding hydrogens is 540 g/mol. The van der Waals surface area contributed by atoms with Gasteiger partial charge in [0.15, 0.2) is 23.0 Å². The van der Waals surface area contributed by atoms with Crippen LogP contribution in [0.3, 0.4) is 0 Å². The fraction of sp³-hybridized carbons (Fsp3) is 0.562. The lowest BCUT2D eigenvalue weighted by molar-refractivity contribution is -0.190. The van der Waals surface area contributed by atoms with Gasteiger partial charge >= 0.3 is 0 Å². The van der Waals surface area contributed by atoms with Gasteiger partial charge in [-0.25, -0.2) is 0 Å². The fourth-order valence-corrected chi connectivity index (χ4v) is 8.36. The van der Waals surface area contributed by atoms with E-state index in [4.69, 9.17) is 10.2 Å². The Hall–Kier alpha value is -3.34. The highest BCUT2D eigenvalue weighted by atomic mass is 16.3. The number of hydrogen-bond donors (Lipinski definition) is 4. The van der Waals surface area contributed by atoms with Gasteiger partial charge in [-0.15, -0.1) is 0 Å². The zero-order valence-electron chi connectivity index (χ0n) is 23.9. The molecule has 3 fully saturated rings. The maximum absolute atomic E-state index is 14.0. The smallest absolute Gasteiger partial charge is 0.230 e.